The van der Waals surface area contributed by atoms with E-state index in [1.807, 2.05) is 32.9 Å². The second-order valence-corrected chi connectivity index (χ2v) is 9.23. The lowest BCUT2D eigenvalue weighted by Gasteiger charge is -2.34. The molecule has 1 N–H and O–H groups in total. The second kappa shape index (κ2) is 6.88. The van der Waals surface area contributed by atoms with E-state index in [2.05, 4.69) is 5.32 Å². The Labute approximate surface area is 164 Å². The van der Waals surface area contributed by atoms with Crippen molar-refractivity contribution in [1.29, 1.82) is 0 Å². The Bertz CT molecular complexity index is 1040. The number of ether oxygens (including phenoxy) is 2. The van der Waals surface area contributed by atoms with Crippen molar-refractivity contribution in [3.05, 3.63) is 47.5 Å². The molecule has 1 fully saturated rings. The van der Waals surface area contributed by atoms with Crippen LogP contribution in [-0.2, 0) is 14.8 Å². The van der Waals surface area contributed by atoms with Crippen molar-refractivity contribution in [2.24, 2.45) is 0 Å². The molecule has 1 saturated heterocycles. The molecule has 0 spiro atoms. The van der Waals surface area contributed by atoms with Crippen molar-refractivity contribution in [1.82, 2.24) is 4.31 Å². The van der Waals surface area contributed by atoms with Crippen LogP contribution in [0.1, 0.15) is 29.8 Å². The SMILES string of the molecule is Cc1ccc2c(c1)NC(=O)c1cc(S(=O)(=O)N3CC(C)OC(C)C3)ccc1O2. The van der Waals surface area contributed by atoms with Crippen molar-refractivity contribution >= 4 is 21.6 Å². The highest BCUT2D eigenvalue weighted by Gasteiger charge is 2.33. The molecule has 0 bridgehead atoms. The Morgan fingerprint density at radius 3 is 2.43 bits per heavy atom. The largest absolute Gasteiger partial charge is 0.454 e. The average Bonchev–Trinajstić information content (AvgIpc) is 2.76. The number of nitrogens with one attached hydrogen (secondary N) is 1. The summed E-state index contributed by atoms with van der Waals surface area (Å²) in [6.45, 7) is 6.15. The minimum atomic E-state index is -3.75. The van der Waals surface area contributed by atoms with Crippen LogP contribution < -0.4 is 10.1 Å². The maximum Gasteiger partial charge on any atom is 0.259 e. The summed E-state index contributed by atoms with van der Waals surface area (Å²) < 4.78 is 39.1. The van der Waals surface area contributed by atoms with Crippen LogP contribution in [0.5, 0.6) is 11.5 Å². The van der Waals surface area contributed by atoms with Crippen molar-refractivity contribution in [2.75, 3.05) is 18.4 Å². The number of nitrogens with zero attached hydrogens (tertiary/aromatic N) is 1. The van der Waals surface area contributed by atoms with E-state index in [1.165, 1.54) is 22.5 Å². The van der Waals surface area contributed by atoms with Gasteiger partial charge in [0.15, 0.2) is 5.75 Å². The first-order valence-electron chi connectivity index (χ1n) is 9.13. The fourth-order valence-electron chi connectivity index (χ4n) is 3.55. The highest BCUT2D eigenvalue weighted by molar-refractivity contribution is 7.89. The number of amides is 1. The molecule has 2 unspecified atom stereocenters. The molecule has 2 heterocycles. The molecule has 2 aromatic carbocycles. The molecule has 1 amide bonds. The summed E-state index contributed by atoms with van der Waals surface area (Å²) in [6, 6.07) is 9.86. The van der Waals surface area contributed by atoms with E-state index < -0.39 is 15.9 Å². The molecule has 8 heteroatoms. The molecular weight excluding hydrogens is 380 g/mol. The smallest absolute Gasteiger partial charge is 0.259 e. The van der Waals surface area contributed by atoms with Gasteiger partial charge in [-0.05, 0) is 56.7 Å². The average molecular weight is 402 g/mol. The van der Waals surface area contributed by atoms with E-state index in [-0.39, 0.29) is 35.8 Å². The number of rotatable bonds is 2. The molecular formula is C20H22N2O5S. The van der Waals surface area contributed by atoms with Crippen LogP contribution in [0.3, 0.4) is 0 Å². The van der Waals surface area contributed by atoms with E-state index in [0.717, 1.165) is 5.56 Å². The molecule has 28 heavy (non-hydrogen) atoms. The first-order valence-corrected chi connectivity index (χ1v) is 10.6. The summed E-state index contributed by atoms with van der Waals surface area (Å²) in [6.07, 6.45) is -0.382. The zero-order valence-electron chi connectivity index (χ0n) is 15.9. The van der Waals surface area contributed by atoms with Gasteiger partial charge in [-0.3, -0.25) is 4.79 Å². The first kappa shape index (κ1) is 18.9. The molecule has 0 saturated carbocycles. The van der Waals surface area contributed by atoms with Crippen molar-refractivity contribution < 1.29 is 22.7 Å². The number of carbonyl (C=O) groups is 1. The monoisotopic (exact) mass is 402 g/mol. The van der Waals surface area contributed by atoms with Crippen LogP contribution >= 0.6 is 0 Å². The van der Waals surface area contributed by atoms with Crippen LogP contribution in [0.15, 0.2) is 41.3 Å². The van der Waals surface area contributed by atoms with E-state index in [0.29, 0.717) is 17.2 Å². The van der Waals surface area contributed by atoms with Crippen molar-refractivity contribution in [3.63, 3.8) is 0 Å². The predicted molar refractivity (Wildman–Crippen MR) is 104 cm³/mol. The molecule has 2 atom stereocenters. The van der Waals surface area contributed by atoms with Crippen LogP contribution in [0.25, 0.3) is 0 Å². The number of aryl methyl sites for hydroxylation is 1. The van der Waals surface area contributed by atoms with Crippen LogP contribution in [0.2, 0.25) is 0 Å². The third-order valence-electron chi connectivity index (χ3n) is 4.82. The first-order chi connectivity index (χ1) is 13.2. The minimum absolute atomic E-state index is 0.0634. The maximum absolute atomic E-state index is 13.1. The highest BCUT2D eigenvalue weighted by atomic mass is 32.2. The number of hydrogen-bond acceptors (Lipinski definition) is 5. The molecule has 2 aliphatic heterocycles. The van der Waals surface area contributed by atoms with Crippen molar-refractivity contribution in [2.45, 2.75) is 37.9 Å². The number of carbonyl (C=O) groups excluding carboxylic acids is 1. The lowest BCUT2D eigenvalue weighted by Crippen LogP contribution is -2.48. The van der Waals surface area contributed by atoms with Gasteiger partial charge in [0.05, 0.1) is 28.4 Å². The summed E-state index contributed by atoms with van der Waals surface area (Å²) in [5.41, 5.74) is 1.72. The molecule has 148 valence electrons. The zero-order valence-corrected chi connectivity index (χ0v) is 16.7. The summed E-state index contributed by atoms with van der Waals surface area (Å²) in [5, 5.41) is 2.80. The Kier molecular flexibility index (Phi) is 4.65. The standard InChI is InChI=1S/C20H22N2O5S/c1-12-4-6-19-17(8-12)21-20(23)16-9-15(5-7-18(16)27-19)28(24,25)22-10-13(2)26-14(3)11-22/h4-9,13-14H,10-11H2,1-3H3,(H,21,23). The van der Waals surface area contributed by atoms with E-state index in [4.69, 9.17) is 9.47 Å². The highest BCUT2D eigenvalue weighted by Crippen LogP contribution is 2.37. The Morgan fingerprint density at radius 1 is 1.04 bits per heavy atom. The van der Waals surface area contributed by atoms with Gasteiger partial charge in [-0.1, -0.05) is 6.07 Å². The Morgan fingerprint density at radius 2 is 1.71 bits per heavy atom. The number of hydrogen-bond donors (Lipinski definition) is 1. The van der Waals surface area contributed by atoms with E-state index in [9.17, 15) is 13.2 Å². The van der Waals surface area contributed by atoms with E-state index >= 15 is 0 Å². The predicted octanol–water partition coefficient (Wildman–Crippen LogP) is 3.15. The number of fused-ring (bicyclic) bond motifs is 2. The van der Waals surface area contributed by atoms with Gasteiger partial charge in [0.2, 0.25) is 10.0 Å². The molecule has 7 nitrogen and oxygen atoms in total. The number of sulfonamides is 1. The Hall–Kier alpha value is -2.42. The summed E-state index contributed by atoms with van der Waals surface area (Å²) in [5.74, 6) is 0.437. The summed E-state index contributed by atoms with van der Waals surface area (Å²) >= 11 is 0. The number of morpholine rings is 1. The molecule has 0 aliphatic carbocycles. The maximum atomic E-state index is 13.1. The van der Waals surface area contributed by atoms with Gasteiger partial charge in [0.25, 0.3) is 5.91 Å². The van der Waals surface area contributed by atoms with Crippen LogP contribution in [-0.4, -0.2) is 43.9 Å². The van der Waals surface area contributed by atoms with Gasteiger partial charge in [0, 0.05) is 13.1 Å². The third-order valence-corrected chi connectivity index (χ3v) is 6.65. The summed E-state index contributed by atoms with van der Waals surface area (Å²) in [7, 11) is -3.75. The molecule has 0 aromatic heterocycles. The second-order valence-electron chi connectivity index (χ2n) is 7.29. The topological polar surface area (TPSA) is 84.9 Å². The normalized spacial score (nSPS) is 22.5. The molecule has 2 aromatic rings. The van der Waals surface area contributed by atoms with Gasteiger partial charge in [-0.2, -0.15) is 4.31 Å². The lowest BCUT2D eigenvalue weighted by atomic mass is 10.2. The van der Waals surface area contributed by atoms with E-state index in [1.54, 1.807) is 6.07 Å². The van der Waals surface area contributed by atoms with Crippen LogP contribution in [0.4, 0.5) is 5.69 Å². The van der Waals surface area contributed by atoms with Crippen molar-refractivity contribution in [3.8, 4) is 11.5 Å². The lowest BCUT2D eigenvalue weighted by molar-refractivity contribution is -0.0440. The van der Waals surface area contributed by atoms with Gasteiger partial charge in [-0.25, -0.2) is 8.42 Å². The minimum Gasteiger partial charge on any atom is -0.454 e. The quantitative estimate of drug-likeness (QED) is 0.834. The fourth-order valence-corrected chi connectivity index (χ4v) is 5.17. The molecule has 2 aliphatic rings. The number of benzene rings is 2. The zero-order chi connectivity index (χ0) is 20.1. The summed E-state index contributed by atoms with van der Waals surface area (Å²) in [4.78, 5) is 12.8. The van der Waals surface area contributed by atoms with Gasteiger partial charge >= 0.3 is 0 Å². The van der Waals surface area contributed by atoms with Gasteiger partial charge in [0.1, 0.15) is 5.75 Å². The fraction of sp³-hybridized carbons (Fsp3) is 0.350. The molecule has 4 rings (SSSR count). The van der Waals surface area contributed by atoms with Gasteiger partial charge in [-0.15, -0.1) is 0 Å². The molecule has 0 radical (unpaired) electrons. The number of anilines is 1. The third kappa shape index (κ3) is 3.39. The van der Waals surface area contributed by atoms with Gasteiger partial charge < -0.3 is 14.8 Å². The Balaban J connectivity index is 1.71. The van der Waals surface area contributed by atoms with Crippen LogP contribution in [0, 0.1) is 6.92 Å².